The molecule has 1 fully saturated rings. The lowest BCUT2D eigenvalue weighted by atomic mass is 9.92. The van der Waals surface area contributed by atoms with E-state index in [4.69, 9.17) is 0 Å². The number of rotatable bonds is 4. The minimum atomic E-state index is 0.256. The van der Waals surface area contributed by atoms with Crippen molar-refractivity contribution >= 4 is 17.2 Å². The second-order valence-electron chi connectivity index (χ2n) is 6.12. The highest BCUT2D eigenvalue weighted by Gasteiger charge is 2.39. The summed E-state index contributed by atoms with van der Waals surface area (Å²) in [5.74, 6) is 0.700. The standard InChI is InChI=1S/C18H22N2OS/c1-13-10-17(15-6-4-3-5-7-15)14(2)20(13)18(21)9-8-16-11-22-12-19-16/h3-7,11-14,17H,8-10H2,1-2H3/t13-,14-,17+/m1/s1. The van der Waals surface area contributed by atoms with Crippen molar-refractivity contribution in [2.24, 2.45) is 0 Å². The van der Waals surface area contributed by atoms with E-state index in [1.165, 1.54) is 5.56 Å². The molecule has 3 atom stereocenters. The number of hydrogen-bond acceptors (Lipinski definition) is 3. The number of likely N-dealkylation sites (tertiary alicyclic amines) is 1. The van der Waals surface area contributed by atoms with Crippen molar-refractivity contribution in [3.63, 3.8) is 0 Å². The Balaban J connectivity index is 1.67. The van der Waals surface area contributed by atoms with Crippen LogP contribution in [0.5, 0.6) is 0 Å². The van der Waals surface area contributed by atoms with Crippen LogP contribution in [0.15, 0.2) is 41.2 Å². The molecule has 1 saturated heterocycles. The van der Waals surface area contributed by atoms with Gasteiger partial charge in [-0.1, -0.05) is 30.3 Å². The smallest absolute Gasteiger partial charge is 0.223 e. The largest absolute Gasteiger partial charge is 0.337 e. The summed E-state index contributed by atoms with van der Waals surface area (Å²) in [6.45, 7) is 4.35. The van der Waals surface area contributed by atoms with E-state index in [0.29, 0.717) is 18.4 Å². The van der Waals surface area contributed by atoms with Gasteiger partial charge < -0.3 is 4.90 Å². The summed E-state index contributed by atoms with van der Waals surface area (Å²) in [7, 11) is 0. The van der Waals surface area contributed by atoms with Gasteiger partial charge in [-0.2, -0.15) is 0 Å². The summed E-state index contributed by atoms with van der Waals surface area (Å²) in [5.41, 5.74) is 4.20. The Labute approximate surface area is 136 Å². The van der Waals surface area contributed by atoms with Crippen molar-refractivity contribution in [3.05, 3.63) is 52.5 Å². The molecule has 0 saturated carbocycles. The second-order valence-corrected chi connectivity index (χ2v) is 6.84. The zero-order valence-electron chi connectivity index (χ0n) is 13.1. The van der Waals surface area contributed by atoms with Crippen LogP contribution >= 0.6 is 11.3 Å². The third-order valence-corrected chi connectivity index (χ3v) is 5.32. The van der Waals surface area contributed by atoms with Crippen molar-refractivity contribution in [2.45, 2.75) is 51.1 Å². The van der Waals surface area contributed by atoms with Crippen molar-refractivity contribution in [1.82, 2.24) is 9.88 Å². The van der Waals surface area contributed by atoms with Crippen LogP contribution in [-0.4, -0.2) is 27.9 Å². The maximum atomic E-state index is 12.6. The number of aromatic nitrogens is 1. The molecule has 1 aliphatic rings. The molecule has 0 radical (unpaired) electrons. The second kappa shape index (κ2) is 6.61. The van der Waals surface area contributed by atoms with E-state index >= 15 is 0 Å². The summed E-state index contributed by atoms with van der Waals surface area (Å²) in [4.78, 5) is 19.0. The third kappa shape index (κ3) is 3.07. The Morgan fingerprint density at radius 2 is 2.09 bits per heavy atom. The Hall–Kier alpha value is -1.68. The van der Waals surface area contributed by atoms with Gasteiger partial charge in [-0.25, -0.2) is 4.98 Å². The molecule has 0 unspecified atom stereocenters. The van der Waals surface area contributed by atoms with Crippen molar-refractivity contribution in [1.29, 1.82) is 0 Å². The fourth-order valence-corrected chi connectivity index (χ4v) is 4.18. The van der Waals surface area contributed by atoms with E-state index in [9.17, 15) is 4.79 Å². The minimum absolute atomic E-state index is 0.256. The van der Waals surface area contributed by atoms with Crippen LogP contribution in [0.4, 0.5) is 0 Å². The summed E-state index contributed by atoms with van der Waals surface area (Å²) >= 11 is 1.59. The van der Waals surface area contributed by atoms with E-state index in [1.54, 1.807) is 11.3 Å². The van der Waals surface area contributed by atoms with Gasteiger partial charge in [0.25, 0.3) is 0 Å². The maximum absolute atomic E-state index is 12.6. The Morgan fingerprint density at radius 3 is 2.77 bits per heavy atom. The molecule has 1 amide bonds. The van der Waals surface area contributed by atoms with Crippen LogP contribution in [0.3, 0.4) is 0 Å². The molecular weight excluding hydrogens is 292 g/mol. The first kappa shape index (κ1) is 15.2. The highest BCUT2D eigenvalue weighted by molar-refractivity contribution is 7.07. The number of carbonyl (C=O) groups excluding carboxylic acids is 1. The number of aryl methyl sites for hydroxylation is 1. The van der Waals surface area contributed by atoms with E-state index in [1.807, 2.05) is 17.0 Å². The van der Waals surface area contributed by atoms with Gasteiger partial charge in [0.05, 0.1) is 11.2 Å². The summed E-state index contributed by atoms with van der Waals surface area (Å²) in [6.07, 6.45) is 2.35. The summed E-state index contributed by atoms with van der Waals surface area (Å²) in [5, 5.41) is 2.02. The molecule has 4 heteroatoms. The molecule has 1 aromatic heterocycles. The number of hydrogen-bond donors (Lipinski definition) is 0. The molecule has 0 bridgehead atoms. The predicted octanol–water partition coefficient (Wildman–Crippen LogP) is 3.87. The average molecular weight is 314 g/mol. The van der Waals surface area contributed by atoms with Crippen LogP contribution in [-0.2, 0) is 11.2 Å². The summed E-state index contributed by atoms with van der Waals surface area (Å²) in [6, 6.07) is 11.1. The first-order chi connectivity index (χ1) is 10.7. The van der Waals surface area contributed by atoms with Crippen LogP contribution in [0.2, 0.25) is 0 Å². The number of benzene rings is 1. The molecule has 116 valence electrons. The zero-order valence-corrected chi connectivity index (χ0v) is 13.9. The average Bonchev–Trinajstić information content (AvgIpc) is 3.14. The van der Waals surface area contributed by atoms with E-state index in [2.05, 4.69) is 48.0 Å². The fourth-order valence-electron chi connectivity index (χ4n) is 3.59. The van der Waals surface area contributed by atoms with E-state index in [-0.39, 0.29) is 11.9 Å². The van der Waals surface area contributed by atoms with Crippen molar-refractivity contribution in [2.75, 3.05) is 0 Å². The molecule has 0 aliphatic carbocycles. The molecule has 0 spiro atoms. The number of carbonyl (C=O) groups is 1. The molecule has 0 N–H and O–H groups in total. The fraction of sp³-hybridized carbons (Fsp3) is 0.444. The van der Waals surface area contributed by atoms with Crippen LogP contribution in [0, 0.1) is 0 Å². The Bertz CT molecular complexity index is 611. The van der Waals surface area contributed by atoms with Crippen LogP contribution < -0.4 is 0 Å². The number of amides is 1. The highest BCUT2D eigenvalue weighted by atomic mass is 32.1. The van der Waals surface area contributed by atoms with Gasteiger partial charge in [0, 0.05) is 29.8 Å². The molecule has 2 aromatic rings. The van der Waals surface area contributed by atoms with Gasteiger partial charge in [0.2, 0.25) is 5.91 Å². The lowest BCUT2D eigenvalue weighted by Gasteiger charge is -2.28. The predicted molar refractivity (Wildman–Crippen MR) is 90.0 cm³/mol. The van der Waals surface area contributed by atoms with Gasteiger partial charge in [-0.3, -0.25) is 4.79 Å². The molecule has 3 nitrogen and oxygen atoms in total. The first-order valence-corrected chi connectivity index (χ1v) is 8.84. The van der Waals surface area contributed by atoms with Crippen LogP contribution in [0.1, 0.15) is 43.9 Å². The Morgan fingerprint density at radius 1 is 1.32 bits per heavy atom. The number of nitrogens with zero attached hydrogens (tertiary/aromatic N) is 2. The lowest BCUT2D eigenvalue weighted by Crippen LogP contribution is -2.39. The molecule has 3 rings (SSSR count). The minimum Gasteiger partial charge on any atom is -0.337 e. The first-order valence-electron chi connectivity index (χ1n) is 7.90. The number of thiazole rings is 1. The van der Waals surface area contributed by atoms with Gasteiger partial charge >= 0.3 is 0 Å². The van der Waals surface area contributed by atoms with Crippen LogP contribution in [0.25, 0.3) is 0 Å². The SMILES string of the molecule is C[C@@H]1C[C@H](c2ccccc2)[C@@H](C)N1C(=O)CCc1cscn1. The zero-order chi connectivity index (χ0) is 15.5. The quantitative estimate of drug-likeness (QED) is 0.858. The maximum Gasteiger partial charge on any atom is 0.223 e. The Kier molecular flexibility index (Phi) is 4.57. The summed E-state index contributed by atoms with van der Waals surface area (Å²) < 4.78 is 0. The van der Waals surface area contributed by atoms with Crippen molar-refractivity contribution in [3.8, 4) is 0 Å². The molecular formula is C18H22N2OS. The lowest BCUT2D eigenvalue weighted by molar-refractivity contribution is -0.133. The topological polar surface area (TPSA) is 33.2 Å². The van der Waals surface area contributed by atoms with Gasteiger partial charge in [0.1, 0.15) is 0 Å². The molecule has 22 heavy (non-hydrogen) atoms. The van der Waals surface area contributed by atoms with Gasteiger partial charge in [0.15, 0.2) is 0 Å². The highest BCUT2D eigenvalue weighted by Crippen LogP contribution is 2.37. The van der Waals surface area contributed by atoms with E-state index < -0.39 is 0 Å². The third-order valence-electron chi connectivity index (χ3n) is 4.69. The normalized spacial score (nSPS) is 24.6. The van der Waals surface area contributed by atoms with E-state index in [0.717, 1.165) is 18.5 Å². The van der Waals surface area contributed by atoms with Crippen molar-refractivity contribution < 1.29 is 4.79 Å². The van der Waals surface area contributed by atoms with Gasteiger partial charge in [-0.05, 0) is 32.3 Å². The molecule has 2 heterocycles. The molecule has 1 aromatic carbocycles. The molecule has 1 aliphatic heterocycles. The van der Waals surface area contributed by atoms with Gasteiger partial charge in [-0.15, -0.1) is 11.3 Å². The monoisotopic (exact) mass is 314 g/mol.